The van der Waals surface area contributed by atoms with Gasteiger partial charge in [-0.1, -0.05) is 12.1 Å². The van der Waals surface area contributed by atoms with Crippen molar-refractivity contribution in [3.8, 4) is 5.75 Å². The third-order valence-corrected chi connectivity index (χ3v) is 6.92. The number of piperidine rings is 1. The molecule has 2 aliphatic rings. The largest absolute Gasteiger partial charge is 0.495 e. The van der Waals surface area contributed by atoms with Crippen molar-refractivity contribution >= 4 is 34.4 Å². The number of benzene rings is 1. The minimum absolute atomic E-state index is 0.255. The smallest absolute Gasteiger partial charge is 0.410 e. The van der Waals surface area contributed by atoms with Crippen molar-refractivity contribution in [1.29, 1.82) is 0 Å². The van der Waals surface area contributed by atoms with E-state index in [1.165, 1.54) is 12.8 Å². The Morgan fingerprint density at radius 3 is 2.58 bits per heavy atom. The zero-order valence-electron chi connectivity index (χ0n) is 22.4. The monoisotopic (exact) mass is 517 g/mol. The number of methoxy groups -OCH3 is 1. The second-order valence-electron chi connectivity index (χ2n) is 11.1. The Kier molecular flexibility index (Phi) is 7.10. The first-order chi connectivity index (χ1) is 18.2. The Hall–Kier alpha value is -3.88. The molecular weight excluding hydrogens is 482 g/mol. The van der Waals surface area contributed by atoms with Gasteiger partial charge in [0.2, 0.25) is 0 Å². The molecule has 200 valence electrons. The molecule has 2 aromatic heterocycles. The molecule has 1 amide bonds. The first kappa shape index (κ1) is 25.8. The van der Waals surface area contributed by atoms with Crippen LogP contribution in [0.4, 0.5) is 16.2 Å². The number of aromatic nitrogens is 3. The minimum atomic E-state index is -0.500. The van der Waals surface area contributed by atoms with Gasteiger partial charge < -0.3 is 19.7 Å². The van der Waals surface area contributed by atoms with Crippen LogP contribution in [0.15, 0.2) is 41.3 Å². The fraction of sp³-hybridized carbons (Fsp3) is 0.448. The van der Waals surface area contributed by atoms with Crippen LogP contribution in [0.3, 0.4) is 0 Å². The van der Waals surface area contributed by atoms with E-state index in [-0.39, 0.29) is 11.7 Å². The molecule has 0 radical (unpaired) electrons. The molecule has 3 heterocycles. The summed E-state index contributed by atoms with van der Waals surface area (Å²) in [7, 11) is 1.64. The van der Waals surface area contributed by atoms with E-state index in [4.69, 9.17) is 9.47 Å². The van der Waals surface area contributed by atoms with Gasteiger partial charge >= 0.3 is 6.09 Å². The van der Waals surface area contributed by atoms with Crippen molar-refractivity contribution in [1.82, 2.24) is 20.1 Å². The van der Waals surface area contributed by atoms with Gasteiger partial charge in [-0.05, 0) is 88.1 Å². The Bertz CT molecular complexity index is 1410. The number of rotatable bonds is 6. The second kappa shape index (κ2) is 10.5. The van der Waals surface area contributed by atoms with E-state index < -0.39 is 5.60 Å². The summed E-state index contributed by atoms with van der Waals surface area (Å²) in [5.74, 6) is 1.61. The molecule has 9 heteroatoms. The van der Waals surface area contributed by atoms with E-state index in [1.54, 1.807) is 18.2 Å². The van der Waals surface area contributed by atoms with Crippen LogP contribution >= 0.6 is 0 Å². The van der Waals surface area contributed by atoms with E-state index in [0.29, 0.717) is 47.3 Å². The summed E-state index contributed by atoms with van der Waals surface area (Å²) in [6.45, 7) is 6.95. The second-order valence-corrected chi connectivity index (χ2v) is 11.1. The zero-order chi connectivity index (χ0) is 26.9. The van der Waals surface area contributed by atoms with E-state index in [1.807, 2.05) is 45.0 Å². The average molecular weight is 518 g/mol. The number of pyridine rings is 1. The number of nitrogens with zero attached hydrogens (tertiary/aromatic N) is 3. The Balaban J connectivity index is 1.36. The van der Waals surface area contributed by atoms with E-state index in [9.17, 15) is 9.59 Å². The summed E-state index contributed by atoms with van der Waals surface area (Å²) >= 11 is 0. The van der Waals surface area contributed by atoms with Crippen LogP contribution in [-0.4, -0.2) is 52.0 Å². The minimum Gasteiger partial charge on any atom is -0.495 e. The molecule has 1 aromatic carbocycles. The molecule has 1 saturated heterocycles. The Morgan fingerprint density at radius 2 is 1.89 bits per heavy atom. The molecule has 2 fully saturated rings. The lowest BCUT2D eigenvalue weighted by Gasteiger charge is -2.33. The van der Waals surface area contributed by atoms with Crippen molar-refractivity contribution in [2.75, 3.05) is 25.5 Å². The van der Waals surface area contributed by atoms with Crippen LogP contribution in [-0.2, 0) is 4.74 Å². The number of amides is 1. The number of ether oxygens (including phenoxy) is 2. The number of H-pyrrole nitrogens is 1. The van der Waals surface area contributed by atoms with Gasteiger partial charge in [0.15, 0.2) is 0 Å². The summed E-state index contributed by atoms with van der Waals surface area (Å²) < 4.78 is 11.3. The quantitative estimate of drug-likeness (QED) is 0.437. The zero-order valence-corrected chi connectivity index (χ0v) is 22.4. The van der Waals surface area contributed by atoms with E-state index in [2.05, 4.69) is 32.6 Å². The van der Waals surface area contributed by atoms with Crippen LogP contribution in [0.5, 0.6) is 5.75 Å². The number of nitrogens with one attached hydrogen (secondary N) is 2. The molecule has 5 rings (SSSR count). The number of likely N-dealkylation sites (tertiary alicyclic amines) is 1. The molecule has 1 aliphatic carbocycles. The molecule has 2 N–H and O–H groups in total. The maximum atomic E-state index is 12.7. The number of carbonyl (C=O) groups is 1. The van der Waals surface area contributed by atoms with Crippen molar-refractivity contribution in [3.05, 3.63) is 58.1 Å². The maximum Gasteiger partial charge on any atom is 0.410 e. The summed E-state index contributed by atoms with van der Waals surface area (Å²) in [5.41, 5.74) is 3.05. The van der Waals surface area contributed by atoms with Crippen LogP contribution in [0.2, 0.25) is 0 Å². The maximum absolute atomic E-state index is 12.7. The van der Waals surface area contributed by atoms with Gasteiger partial charge in [0, 0.05) is 13.1 Å². The van der Waals surface area contributed by atoms with E-state index in [0.717, 1.165) is 29.8 Å². The Morgan fingerprint density at radius 1 is 1.13 bits per heavy atom. The van der Waals surface area contributed by atoms with Gasteiger partial charge in [-0.3, -0.25) is 4.79 Å². The highest BCUT2D eigenvalue weighted by Gasteiger charge is 2.28. The van der Waals surface area contributed by atoms with Crippen LogP contribution in [0, 0.1) is 5.92 Å². The molecule has 3 aromatic rings. The summed E-state index contributed by atoms with van der Waals surface area (Å²) in [5, 5.41) is 10.3. The van der Waals surface area contributed by atoms with Gasteiger partial charge in [0.05, 0.1) is 41.3 Å². The number of hydrogen-bond donors (Lipinski definition) is 2. The van der Waals surface area contributed by atoms with Gasteiger partial charge in [0.25, 0.3) is 5.56 Å². The fourth-order valence-corrected chi connectivity index (χ4v) is 4.76. The average Bonchev–Trinajstić information content (AvgIpc) is 3.71. The molecular formula is C29H35N5O4. The molecule has 38 heavy (non-hydrogen) atoms. The molecule has 0 bridgehead atoms. The number of hydrogen-bond acceptors (Lipinski definition) is 7. The van der Waals surface area contributed by atoms with Gasteiger partial charge in [-0.2, -0.15) is 5.10 Å². The van der Waals surface area contributed by atoms with Crippen molar-refractivity contribution < 1.29 is 14.3 Å². The predicted molar refractivity (Wildman–Crippen MR) is 148 cm³/mol. The SMILES string of the molecule is COc1cc(C2CCN(C(=O)OC(C)(C)C)CC2)ccc1Nc1cc(C=CC2CC2)nc2cn[nH]c(=O)c12. The molecule has 1 saturated carbocycles. The molecule has 1 aliphatic heterocycles. The number of fused-ring (bicyclic) bond motifs is 1. The number of allylic oxidation sites excluding steroid dienone is 1. The first-order valence-corrected chi connectivity index (χ1v) is 13.2. The lowest BCUT2D eigenvalue weighted by atomic mass is 9.89. The standard InChI is InChI=1S/C29H35N5O4/c1-29(2,3)38-28(36)34-13-11-19(12-14-34)20-8-10-22(25(15-20)37-4)32-23-16-21(9-7-18-5-6-18)31-24-17-30-33-27(35)26(23)24/h7-10,15-19H,5-6,11-14H2,1-4H3,(H,31,32)(H,33,35). The highest BCUT2D eigenvalue weighted by Crippen LogP contribution is 2.36. The normalized spacial score (nSPS) is 16.7. The van der Waals surface area contributed by atoms with Gasteiger partial charge in [-0.25, -0.2) is 14.9 Å². The lowest BCUT2D eigenvalue weighted by Crippen LogP contribution is -2.41. The highest BCUT2D eigenvalue weighted by atomic mass is 16.6. The summed E-state index contributed by atoms with van der Waals surface area (Å²) in [4.78, 5) is 31.5. The molecule has 0 atom stereocenters. The first-order valence-electron chi connectivity index (χ1n) is 13.2. The molecule has 0 unspecified atom stereocenters. The van der Waals surface area contributed by atoms with Crippen molar-refractivity contribution in [2.24, 2.45) is 5.92 Å². The molecule has 0 spiro atoms. The third-order valence-electron chi connectivity index (χ3n) is 6.92. The van der Waals surface area contributed by atoms with Gasteiger partial charge in [0.1, 0.15) is 11.4 Å². The number of carbonyl (C=O) groups excluding carboxylic acids is 1. The van der Waals surface area contributed by atoms with Crippen molar-refractivity contribution in [2.45, 2.75) is 58.0 Å². The molecule has 9 nitrogen and oxygen atoms in total. The summed E-state index contributed by atoms with van der Waals surface area (Å²) in [6.07, 6.45) is 9.61. The fourth-order valence-electron chi connectivity index (χ4n) is 4.76. The van der Waals surface area contributed by atoms with Crippen LogP contribution in [0.25, 0.3) is 17.0 Å². The number of anilines is 2. The van der Waals surface area contributed by atoms with Gasteiger partial charge in [-0.15, -0.1) is 0 Å². The predicted octanol–water partition coefficient (Wildman–Crippen LogP) is 5.61. The third kappa shape index (κ3) is 5.98. The van der Waals surface area contributed by atoms with E-state index >= 15 is 0 Å². The topological polar surface area (TPSA) is 109 Å². The van der Waals surface area contributed by atoms with Crippen LogP contribution in [0.1, 0.15) is 63.6 Å². The lowest BCUT2D eigenvalue weighted by molar-refractivity contribution is 0.0205. The van der Waals surface area contributed by atoms with Crippen molar-refractivity contribution in [3.63, 3.8) is 0 Å². The van der Waals surface area contributed by atoms with Crippen LogP contribution < -0.4 is 15.6 Å². The Labute approximate surface area is 222 Å². The number of aromatic amines is 1. The highest BCUT2D eigenvalue weighted by molar-refractivity contribution is 5.93. The summed E-state index contributed by atoms with van der Waals surface area (Å²) in [6, 6.07) is 7.99.